The molecule has 0 spiro atoms. The molecule has 60 valence electrons. The third-order valence-corrected chi connectivity index (χ3v) is 2.35. The normalized spacial score (nSPS) is 37.2. The Hall–Kier alpha value is -0.770. The Morgan fingerprint density at radius 3 is 2.64 bits per heavy atom. The first-order chi connectivity index (χ1) is 5.31. The predicted octanol–water partition coefficient (Wildman–Crippen LogP) is 1.25. The summed E-state index contributed by atoms with van der Waals surface area (Å²) in [6, 6.07) is 0. The van der Waals surface area contributed by atoms with E-state index in [9.17, 15) is 0 Å². The molecule has 0 aromatic rings. The number of hydrogen-bond acceptors (Lipinski definition) is 4. The van der Waals surface area contributed by atoms with E-state index in [0.717, 1.165) is 13.1 Å². The summed E-state index contributed by atoms with van der Waals surface area (Å²) in [6.45, 7) is 4.31. The Morgan fingerprint density at radius 1 is 1.36 bits per heavy atom. The van der Waals surface area contributed by atoms with Crippen molar-refractivity contribution in [2.75, 3.05) is 13.1 Å². The van der Waals surface area contributed by atoms with Crippen LogP contribution in [0.1, 0.15) is 19.8 Å². The zero-order chi connectivity index (χ0) is 7.73. The molecule has 0 amide bonds. The van der Waals surface area contributed by atoms with Gasteiger partial charge in [0.05, 0.1) is 6.21 Å². The fourth-order valence-electron chi connectivity index (χ4n) is 1.59. The van der Waals surface area contributed by atoms with Gasteiger partial charge >= 0.3 is 0 Å². The van der Waals surface area contributed by atoms with Crippen LogP contribution in [-0.4, -0.2) is 29.9 Å². The van der Waals surface area contributed by atoms with Crippen LogP contribution in [0.3, 0.4) is 0 Å². The summed E-state index contributed by atoms with van der Waals surface area (Å²) in [6.07, 6.45) is 4.37. The van der Waals surface area contributed by atoms with Gasteiger partial charge in [0.2, 0.25) is 0 Å². The molecule has 4 nitrogen and oxygen atoms in total. The van der Waals surface area contributed by atoms with Crippen LogP contribution in [0.5, 0.6) is 0 Å². The summed E-state index contributed by atoms with van der Waals surface area (Å²) in [7, 11) is 0. The molecule has 2 heterocycles. The number of nitrogens with zero attached hydrogens (tertiary/aromatic N) is 4. The van der Waals surface area contributed by atoms with E-state index in [1.807, 2.05) is 6.21 Å². The van der Waals surface area contributed by atoms with E-state index in [-0.39, 0.29) is 5.66 Å². The molecule has 4 heteroatoms. The number of likely N-dealkylation sites (tertiary alicyclic amines) is 1. The lowest BCUT2D eigenvalue weighted by Gasteiger charge is -2.27. The second kappa shape index (κ2) is 2.37. The zero-order valence-electron chi connectivity index (χ0n) is 6.69. The van der Waals surface area contributed by atoms with Gasteiger partial charge in [0, 0.05) is 13.1 Å². The first kappa shape index (κ1) is 6.91. The molecule has 0 N–H and O–H groups in total. The molecule has 0 radical (unpaired) electrons. The fourth-order valence-corrected chi connectivity index (χ4v) is 1.59. The van der Waals surface area contributed by atoms with E-state index >= 15 is 0 Å². The van der Waals surface area contributed by atoms with Gasteiger partial charge in [-0.25, -0.2) is 0 Å². The van der Waals surface area contributed by atoms with E-state index in [0.29, 0.717) is 0 Å². The van der Waals surface area contributed by atoms with Gasteiger partial charge in [-0.2, -0.15) is 0 Å². The minimum Gasteiger partial charge on any atom is -0.273 e. The molecule has 2 aliphatic heterocycles. The Bertz CT molecular complexity index is 190. The van der Waals surface area contributed by atoms with Gasteiger partial charge in [-0.3, -0.25) is 4.90 Å². The molecule has 0 saturated carbocycles. The fraction of sp³-hybridized carbons (Fsp3) is 0.857. The highest BCUT2D eigenvalue weighted by molar-refractivity contribution is 5.70. The Morgan fingerprint density at radius 2 is 2.09 bits per heavy atom. The Labute approximate surface area is 66.0 Å². The monoisotopic (exact) mass is 152 g/mol. The zero-order valence-corrected chi connectivity index (χ0v) is 6.69. The minimum atomic E-state index is -0.226. The molecule has 1 saturated heterocycles. The third kappa shape index (κ3) is 1.07. The van der Waals surface area contributed by atoms with Gasteiger partial charge in [-0.15, -0.1) is 10.2 Å². The Balaban J connectivity index is 2.13. The highest BCUT2D eigenvalue weighted by atomic mass is 15.5. The summed E-state index contributed by atoms with van der Waals surface area (Å²) in [5.74, 6) is 0. The molecule has 11 heavy (non-hydrogen) atoms. The molecule has 0 aliphatic carbocycles. The highest BCUT2D eigenvalue weighted by Gasteiger charge is 2.34. The topological polar surface area (TPSA) is 40.3 Å². The average Bonchev–Trinajstić information content (AvgIpc) is 2.55. The minimum absolute atomic E-state index is 0.226. The molecule has 0 bridgehead atoms. The van der Waals surface area contributed by atoms with Gasteiger partial charge in [-0.05, 0) is 25.0 Å². The average molecular weight is 152 g/mol. The van der Waals surface area contributed by atoms with Crippen molar-refractivity contribution in [1.29, 1.82) is 0 Å². The number of rotatable bonds is 1. The highest BCUT2D eigenvalue weighted by Crippen LogP contribution is 2.23. The van der Waals surface area contributed by atoms with E-state index < -0.39 is 0 Å². The summed E-state index contributed by atoms with van der Waals surface area (Å²) >= 11 is 0. The molecule has 1 fully saturated rings. The lowest BCUT2D eigenvalue weighted by atomic mass is 10.2. The second-order valence-electron chi connectivity index (χ2n) is 3.22. The van der Waals surface area contributed by atoms with Gasteiger partial charge in [-0.1, -0.05) is 0 Å². The first-order valence-corrected chi connectivity index (χ1v) is 4.03. The molecule has 2 aliphatic rings. The second-order valence-corrected chi connectivity index (χ2v) is 3.22. The molecule has 1 atom stereocenters. The maximum absolute atomic E-state index is 4.08. The van der Waals surface area contributed by atoms with Crippen molar-refractivity contribution in [2.24, 2.45) is 15.4 Å². The van der Waals surface area contributed by atoms with Crippen LogP contribution >= 0.6 is 0 Å². The van der Waals surface area contributed by atoms with Crippen molar-refractivity contribution in [3.63, 3.8) is 0 Å². The van der Waals surface area contributed by atoms with Crippen molar-refractivity contribution >= 4 is 6.21 Å². The summed E-state index contributed by atoms with van der Waals surface area (Å²) in [5, 5.41) is 11.5. The molecule has 0 aromatic carbocycles. The third-order valence-electron chi connectivity index (χ3n) is 2.35. The largest absolute Gasteiger partial charge is 0.273 e. The van der Waals surface area contributed by atoms with Gasteiger partial charge in [0.15, 0.2) is 5.66 Å². The van der Waals surface area contributed by atoms with Gasteiger partial charge < -0.3 is 0 Å². The van der Waals surface area contributed by atoms with Crippen LogP contribution in [0.15, 0.2) is 15.4 Å². The van der Waals surface area contributed by atoms with Crippen LogP contribution in [0.25, 0.3) is 0 Å². The molecular formula is C7H12N4. The van der Waals surface area contributed by atoms with Crippen molar-refractivity contribution in [1.82, 2.24) is 4.90 Å². The van der Waals surface area contributed by atoms with Crippen molar-refractivity contribution in [3.05, 3.63) is 0 Å². The van der Waals surface area contributed by atoms with Crippen LogP contribution < -0.4 is 0 Å². The van der Waals surface area contributed by atoms with E-state index in [1.165, 1.54) is 12.8 Å². The van der Waals surface area contributed by atoms with Crippen molar-refractivity contribution < 1.29 is 0 Å². The van der Waals surface area contributed by atoms with Crippen LogP contribution in [0.2, 0.25) is 0 Å². The summed E-state index contributed by atoms with van der Waals surface area (Å²) < 4.78 is 0. The predicted molar refractivity (Wildman–Crippen MR) is 42.6 cm³/mol. The van der Waals surface area contributed by atoms with Crippen LogP contribution in [0, 0.1) is 0 Å². The van der Waals surface area contributed by atoms with E-state index in [4.69, 9.17) is 0 Å². The maximum atomic E-state index is 4.08. The van der Waals surface area contributed by atoms with Crippen LogP contribution in [0.4, 0.5) is 0 Å². The molecule has 2 rings (SSSR count). The summed E-state index contributed by atoms with van der Waals surface area (Å²) in [4.78, 5) is 2.31. The lowest BCUT2D eigenvalue weighted by molar-refractivity contribution is 0.215. The number of hydrogen-bond donors (Lipinski definition) is 0. The molecule has 1 unspecified atom stereocenters. The smallest absolute Gasteiger partial charge is 0.171 e. The quantitative estimate of drug-likeness (QED) is 0.557. The SMILES string of the molecule is CC1(N2CCCC2)C=NN=N1. The Kier molecular flexibility index (Phi) is 1.49. The maximum Gasteiger partial charge on any atom is 0.171 e. The van der Waals surface area contributed by atoms with Gasteiger partial charge in [0.25, 0.3) is 0 Å². The van der Waals surface area contributed by atoms with E-state index in [1.54, 1.807) is 0 Å². The standard InChI is InChI=1S/C7H12N4/c1-7(6-8-10-9-7)11-4-2-3-5-11/h6H,2-5H2,1H3. The lowest BCUT2D eigenvalue weighted by Crippen LogP contribution is -2.42. The van der Waals surface area contributed by atoms with Crippen LogP contribution in [-0.2, 0) is 0 Å². The van der Waals surface area contributed by atoms with Crippen molar-refractivity contribution in [3.8, 4) is 0 Å². The van der Waals surface area contributed by atoms with E-state index in [2.05, 4.69) is 27.3 Å². The summed E-state index contributed by atoms with van der Waals surface area (Å²) in [5.41, 5.74) is -0.226. The van der Waals surface area contributed by atoms with Crippen molar-refractivity contribution in [2.45, 2.75) is 25.4 Å². The first-order valence-electron chi connectivity index (χ1n) is 4.03. The van der Waals surface area contributed by atoms with Gasteiger partial charge in [0.1, 0.15) is 0 Å². The molecule has 0 aromatic heterocycles. The molecular weight excluding hydrogens is 140 g/mol.